The van der Waals surface area contributed by atoms with Gasteiger partial charge < -0.3 is 14.2 Å². The zero-order valence-corrected chi connectivity index (χ0v) is 18.2. The van der Waals surface area contributed by atoms with Crippen LogP contribution in [0.2, 0.25) is 0 Å². The summed E-state index contributed by atoms with van der Waals surface area (Å²) in [6.07, 6.45) is -2.18. The number of hydrazine groups is 1. The molecule has 0 aliphatic heterocycles. The fourth-order valence-corrected chi connectivity index (χ4v) is 2.63. The summed E-state index contributed by atoms with van der Waals surface area (Å²) in [6.45, 7) is 3.55. The summed E-state index contributed by atoms with van der Waals surface area (Å²) in [5.41, 5.74) is 1.37. The molecule has 0 aliphatic carbocycles. The van der Waals surface area contributed by atoms with Crippen LogP contribution in [0.1, 0.15) is 31.9 Å². The van der Waals surface area contributed by atoms with Gasteiger partial charge in [0.1, 0.15) is 13.2 Å². The molecule has 0 bridgehead atoms. The molecule has 0 spiro atoms. The van der Waals surface area contributed by atoms with Gasteiger partial charge >= 0.3 is 18.2 Å². The van der Waals surface area contributed by atoms with E-state index in [9.17, 15) is 19.2 Å². The van der Waals surface area contributed by atoms with Crippen molar-refractivity contribution in [3.05, 3.63) is 71.8 Å². The van der Waals surface area contributed by atoms with Gasteiger partial charge in [0.05, 0.1) is 6.61 Å². The summed E-state index contributed by atoms with van der Waals surface area (Å²) < 4.78 is 15.3. The Balaban J connectivity index is 2.21. The van der Waals surface area contributed by atoms with Gasteiger partial charge in [0.25, 0.3) is 0 Å². The van der Waals surface area contributed by atoms with Crippen molar-refractivity contribution >= 4 is 23.9 Å². The van der Waals surface area contributed by atoms with E-state index in [0.717, 1.165) is 13.8 Å². The zero-order valence-electron chi connectivity index (χ0n) is 18.2. The van der Waals surface area contributed by atoms with Crippen molar-refractivity contribution in [2.24, 2.45) is 0 Å². The SMILES string of the molecule is CCOC(=O)[C@](C)(C(C)=O)N(NC(=O)OCc1ccccc1)C(=O)OCc1ccccc1. The Bertz CT molecular complexity index is 934. The number of esters is 1. The topological polar surface area (TPSA) is 111 Å². The van der Waals surface area contributed by atoms with Crippen LogP contribution in [0.25, 0.3) is 0 Å². The molecule has 2 rings (SSSR count). The molecule has 1 atom stereocenters. The van der Waals surface area contributed by atoms with Gasteiger partial charge in [-0.05, 0) is 31.9 Å². The van der Waals surface area contributed by atoms with Crippen molar-refractivity contribution in [2.45, 2.75) is 39.5 Å². The summed E-state index contributed by atoms with van der Waals surface area (Å²) in [5.74, 6) is -1.76. The number of nitrogens with zero attached hydrogens (tertiary/aromatic N) is 1. The molecule has 2 aromatic carbocycles. The molecule has 2 aromatic rings. The van der Waals surface area contributed by atoms with Crippen LogP contribution in [-0.4, -0.2) is 41.1 Å². The van der Waals surface area contributed by atoms with E-state index in [-0.39, 0.29) is 19.8 Å². The minimum Gasteiger partial charge on any atom is -0.464 e. The standard InChI is InChI=1S/C23H26N2O7/c1-4-30-20(27)23(3,17(2)26)25(22(29)32-16-19-13-9-6-10-14-19)24-21(28)31-15-18-11-7-5-8-12-18/h5-14H,4,15-16H2,1-3H3,(H,24,28)/t23-/m0/s1. The fraction of sp³-hybridized carbons (Fsp3) is 0.304. The van der Waals surface area contributed by atoms with E-state index in [1.54, 1.807) is 61.5 Å². The maximum absolute atomic E-state index is 12.9. The van der Waals surface area contributed by atoms with E-state index in [1.165, 1.54) is 0 Å². The molecule has 0 fully saturated rings. The number of Topliss-reactive ketones (excluding diaryl/α,β-unsaturated/α-hetero) is 1. The van der Waals surface area contributed by atoms with Crippen molar-refractivity contribution in [1.29, 1.82) is 0 Å². The second-order valence-electron chi connectivity index (χ2n) is 6.90. The monoisotopic (exact) mass is 442 g/mol. The third-order valence-electron chi connectivity index (χ3n) is 4.61. The van der Waals surface area contributed by atoms with Crippen LogP contribution in [0.5, 0.6) is 0 Å². The van der Waals surface area contributed by atoms with Gasteiger partial charge in [0, 0.05) is 0 Å². The Labute approximate surface area is 186 Å². The van der Waals surface area contributed by atoms with Gasteiger partial charge in [-0.3, -0.25) is 4.79 Å². The maximum Gasteiger partial charge on any atom is 0.430 e. The average Bonchev–Trinajstić information content (AvgIpc) is 2.80. The number of carbonyl (C=O) groups excluding carboxylic acids is 4. The quantitative estimate of drug-likeness (QED) is 0.289. The largest absolute Gasteiger partial charge is 0.464 e. The second-order valence-corrected chi connectivity index (χ2v) is 6.90. The van der Waals surface area contributed by atoms with Crippen molar-refractivity contribution in [2.75, 3.05) is 6.61 Å². The van der Waals surface area contributed by atoms with Gasteiger partial charge in [0.15, 0.2) is 5.78 Å². The Kier molecular flexibility index (Phi) is 8.76. The van der Waals surface area contributed by atoms with Gasteiger partial charge in [-0.15, -0.1) is 0 Å². The number of carbonyl (C=O) groups is 4. The lowest BCUT2D eigenvalue weighted by Gasteiger charge is -2.35. The first kappa shape index (κ1) is 24.4. The lowest BCUT2D eigenvalue weighted by atomic mass is 9.97. The van der Waals surface area contributed by atoms with Gasteiger partial charge in [0.2, 0.25) is 5.54 Å². The van der Waals surface area contributed by atoms with Crippen LogP contribution < -0.4 is 5.43 Å². The molecule has 0 aromatic heterocycles. The first-order valence-electron chi connectivity index (χ1n) is 9.95. The number of rotatable bonds is 8. The Morgan fingerprint density at radius 2 is 1.34 bits per heavy atom. The highest BCUT2D eigenvalue weighted by molar-refractivity contribution is 6.09. The number of nitrogens with one attached hydrogen (secondary N) is 1. The average molecular weight is 442 g/mol. The number of hydrogen-bond acceptors (Lipinski definition) is 7. The van der Waals surface area contributed by atoms with Gasteiger partial charge in [-0.2, -0.15) is 5.01 Å². The van der Waals surface area contributed by atoms with Gasteiger partial charge in [-0.25, -0.2) is 19.8 Å². The summed E-state index contributed by atoms with van der Waals surface area (Å²) in [6, 6.07) is 17.6. The molecule has 0 unspecified atom stereocenters. The van der Waals surface area contributed by atoms with Crippen LogP contribution in [-0.2, 0) is 37.0 Å². The third-order valence-corrected chi connectivity index (χ3v) is 4.61. The fourth-order valence-electron chi connectivity index (χ4n) is 2.63. The summed E-state index contributed by atoms with van der Waals surface area (Å²) in [5, 5.41) is 0.504. The highest BCUT2D eigenvalue weighted by Gasteiger charge is 2.50. The molecule has 32 heavy (non-hydrogen) atoms. The molecule has 0 radical (unpaired) electrons. The lowest BCUT2D eigenvalue weighted by Crippen LogP contribution is -2.66. The van der Waals surface area contributed by atoms with E-state index in [0.29, 0.717) is 16.1 Å². The molecular formula is C23H26N2O7. The Hall–Kier alpha value is -3.88. The zero-order chi connectivity index (χ0) is 23.6. The van der Waals surface area contributed by atoms with Crippen LogP contribution in [0.4, 0.5) is 9.59 Å². The molecule has 0 aliphatic rings. The van der Waals surface area contributed by atoms with Crippen LogP contribution in [0.15, 0.2) is 60.7 Å². The van der Waals surface area contributed by atoms with Crippen molar-refractivity contribution < 1.29 is 33.4 Å². The summed E-state index contributed by atoms with van der Waals surface area (Å²) in [4.78, 5) is 50.3. The first-order valence-corrected chi connectivity index (χ1v) is 9.95. The van der Waals surface area contributed by atoms with E-state index in [4.69, 9.17) is 14.2 Å². The Morgan fingerprint density at radius 1 is 0.844 bits per heavy atom. The normalized spacial score (nSPS) is 12.1. The summed E-state index contributed by atoms with van der Waals surface area (Å²) >= 11 is 0. The van der Waals surface area contributed by atoms with Crippen LogP contribution in [0, 0.1) is 0 Å². The molecule has 1 N–H and O–H groups in total. The van der Waals surface area contributed by atoms with Crippen LogP contribution in [0.3, 0.4) is 0 Å². The molecule has 2 amide bonds. The number of hydrogen-bond donors (Lipinski definition) is 1. The van der Waals surface area contributed by atoms with E-state index >= 15 is 0 Å². The maximum atomic E-state index is 12.9. The molecule has 9 nitrogen and oxygen atoms in total. The molecule has 0 heterocycles. The van der Waals surface area contributed by atoms with Crippen molar-refractivity contribution in [3.63, 3.8) is 0 Å². The molecule has 0 saturated carbocycles. The predicted molar refractivity (Wildman–Crippen MR) is 114 cm³/mol. The Morgan fingerprint density at radius 3 is 1.81 bits per heavy atom. The number of ketones is 1. The minimum atomic E-state index is -2.17. The molecular weight excluding hydrogens is 416 g/mol. The highest BCUT2D eigenvalue weighted by Crippen LogP contribution is 2.19. The predicted octanol–water partition coefficient (Wildman–Crippen LogP) is 3.38. The summed E-state index contributed by atoms with van der Waals surface area (Å²) in [7, 11) is 0. The second kappa shape index (κ2) is 11.5. The first-order chi connectivity index (χ1) is 15.3. The van der Waals surface area contributed by atoms with E-state index in [1.807, 2.05) is 6.07 Å². The van der Waals surface area contributed by atoms with Gasteiger partial charge in [-0.1, -0.05) is 60.7 Å². The highest BCUT2D eigenvalue weighted by atomic mass is 16.6. The molecule has 170 valence electrons. The molecule has 9 heteroatoms. The van der Waals surface area contributed by atoms with E-state index < -0.39 is 29.5 Å². The molecule has 0 saturated heterocycles. The van der Waals surface area contributed by atoms with Crippen LogP contribution >= 0.6 is 0 Å². The van der Waals surface area contributed by atoms with Crippen molar-refractivity contribution in [3.8, 4) is 0 Å². The minimum absolute atomic E-state index is 0.0347. The number of ether oxygens (including phenoxy) is 3. The smallest absolute Gasteiger partial charge is 0.430 e. The number of amides is 2. The van der Waals surface area contributed by atoms with Crippen molar-refractivity contribution in [1.82, 2.24) is 10.4 Å². The number of benzene rings is 2. The third kappa shape index (κ3) is 6.31. The lowest BCUT2D eigenvalue weighted by molar-refractivity contribution is -0.161. The van der Waals surface area contributed by atoms with E-state index in [2.05, 4.69) is 5.43 Å².